The third-order valence-electron chi connectivity index (χ3n) is 5.96. The van der Waals surface area contributed by atoms with Crippen LogP contribution >= 0.6 is 12.4 Å². The second-order valence-corrected chi connectivity index (χ2v) is 7.47. The number of likely N-dealkylation sites (tertiary alicyclic amines) is 2. The summed E-state index contributed by atoms with van der Waals surface area (Å²) in [7, 11) is 5.35. The lowest BCUT2D eigenvalue weighted by atomic mass is 9.90. The molecule has 0 aliphatic carbocycles. The number of hydrogen-bond donors (Lipinski definition) is 0. The molecule has 0 aromatic heterocycles. The Hall–Kier alpha value is -2.24. The van der Waals surface area contributed by atoms with Crippen molar-refractivity contribution in [1.29, 1.82) is 0 Å². The Balaban J connectivity index is 0.00000225. The molecule has 28 heavy (non-hydrogen) atoms. The van der Waals surface area contributed by atoms with Gasteiger partial charge in [-0.1, -0.05) is 36.4 Å². The number of ether oxygens (including phenoxy) is 2. The number of benzene rings is 2. The van der Waals surface area contributed by atoms with Crippen LogP contribution in [0.5, 0.6) is 11.5 Å². The Kier molecular flexibility index (Phi) is 6.16. The van der Waals surface area contributed by atoms with Crippen LogP contribution in [0.4, 0.5) is 0 Å². The minimum atomic E-state index is 0. The van der Waals surface area contributed by atoms with E-state index in [9.17, 15) is 4.79 Å². The number of hydrogen-bond acceptors (Lipinski definition) is 4. The first-order valence-electron chi connectivity index (χ1n) is 9.39. The fourth-order valence-electron chi connectivity index (χ4n) is 4.80. The van der Waals surface area contributed by atoms with Crippen LogP contribution in [0.3, 0.4) is 0 Å². The van der Waals surface area contributed by atoms with Crippen LogP contribution < -0.4 is 9.47 Å². The van der Waals surface area contributed by atoms with Crippen molar-refractivity contribution in [2.45, 2.75) is 6.04 Å². The normalized spacial score (nSPS) is 23.8. The molecule has 0 bridgehead atoms. The molecule has 0 spiro atoms. The van der Waals surface area contributed by atoms with Crippen LogP contribution in [0.2, 0.25) is 0 Å². The lowest BCUT2D eigenvalue weighted by Gasteiger charge is -2.27. The van der Waals surface area contributed by atoms with E-state index in [1.165, 1.54) is 5.56 Å². The third kappa shape index (κ3) is 3.45. The number of halogens is 1. The van der Waals surface area contributed by atoms with Crippen molar-refractivity contribution in [3.05, 3.63) is 59.7 Å². The molecule has 2 heterocycles. The number of fused-ring (bicyclic) bond motifs is 1. The van der Waals surface area contributed by atoms with E-state index in [0.29, 0.717) is 34.9 Å². The maximum Gasteiger partial charge on any atom is 0.257 e. The van der Waals surface area contributed by atoms with E-state index in [2.05, 4.69) is 42.3 Å². The Bertz CT molecular complexity index is 830. The molecule has 4 rings (SSSR count). The maximum absolute atomic E-state index is 13.2. The summed E-state index contributed by atoms with van der Waals surface area (Å²) < 4.78 is 10.8. The lowest BCUT2D eigenvalue weighted by Crippen LogP contribution is -2.33. The number of rotatable bonds is 4. The molecule has 2 fully saturated rings. The highest BCUT2D eigenvalue weighted by Crippen LogP contribution is 2.44. The average Bonchev–Trinajstić information content (AvgIpc) is 3.23. The van der Waals surface area contributed by atoms with Crippen LogP contribution in [0.1, 0.15) is 22.0 Å². The second-order valence-electron chi connectivity index (χ2n) is 7.47. The minimum absolute atomic E-state index is 0. The van der Waals surface area contributed by atoms with Gasteiger partial charge >= 0.3 is 0 Å². The molecule has 0 N–H and O–H groups in total. The first-order valence-corrected chi connectivity index (χ1v) is 9.39. The first-order chi connectivity index (χ1) is 13.1. The summed E-state index contributed by atoms with van der Waals surface area (Å²) in [6.07, 6.45) is 0. The Morgan fingerprint density at radius 3 is 2.39 bits per heavy atom. The molecule has 0 radical (unpaired) electrons. The quantitative estimate of drug-likeness (QED) is 0.785. The highest BCUT2D eigenvalue weighted by molar-refractivity contribution is 5.98. The molecule has 1 amide bonds. The van der Waals surface area contributed by atoms with Crippen LogP contribution in [0.15, 0.2) is 48.5 Å². The van der Waals surface area contributed by atoms with E-state index in [4.69, 9.17) is 9.47 Å². The molecule has 0 saturated carbocycles. The highest BCUT2D eigenvalue weighted by Gasteiger charge is 2.47. The molecular weight excluding hydrogens is 376 g/mol. The van der Waals surface area contributed by atoms with E-state index < -0.39 is 0 Å². The zero-order valence-corrected chi connectivity index (χ0v) is 17.3. The van der Waals surface area contributed by atoms with Gasteiger partial charge in [-0.25, -0.2) is 0 Å². The van der Waals surface area contributed by atoms with E-state index in [0.717, 1.165) is 19.6 Å². The number of para-hydroxylation sites is 1. The van der Waals surface area contributed by atoms with Crippen LogP contribution in [-0.4, -0.2) is 56.6 Å². The van der Waals surface area contributed by atoms with Crippen LogP contribution in [-0.2, 0) is 0 Å². The van der Waals surface area contributed by atoms with Crippen molar-refractivity contribution in [3.8, 4) is 11.5 Å². The standard InChI is InChI=1S/C22H26N2O3.ClH/c1-23-12-16-13-24(14-18(16)20(23)15-8-5-4-6-9-15)22(25)17-10-7-11-19(26-2)21(17)27-3;/h4-11,16,18,20H,12-14H2,1-3H3;1H/t16-,18+,20-;/m0./s1. The zero-order chi connectivity index (χ0) is 19.0. The summed E-state index contributed by atoms with van der Waals surface area (Å²) in [6.45, 7) is 2.58. The van der Waals surface area contributed by atoms with Crippen molar-refractivity contribution in [2.75, 3.05) is 40.9 Å². The van der Waals surface area contributed by atoms with Gasteiger partial charge in [0, 0.05) is 31.6 Å². The van der Waals surface area contributed by atoms with Crippen molar-refractivity contribution >= 4 is 18.3 Å². The molecule has 5 nitrogen and oxygen atoms in total. The minimum Gasteiger partial charge on any atom is -0.493 e. The number of methoxy groups -OCH3 is 2. The van der Waals surface area contributed by atoms with Gasteiger partial charge in [0.15, 0.2) is 11.5 Å². The molecule has 150 valence electrons. The van der Waals surface area contributed by atoms with Crippen LogP contribution in [0.25, 0.3) is 0 Å². The molecule has 6 heteroatoms. The van der Waals surface area contributed by atoms with E-state index in [1.54, 1.807) is 14.2 Å². The van der Waals surface area contributed by atoms with Gasteiger partial charge in [-0.3, -0.25) is 9.69 Å². The predicted octanol–water partition coefficient (Wildman–Crippen LogP) is 3.50. The van der Waals surface area contributed by atoms with E-state index >= 15 is 0 Å². The number of carbonyl (C=O) groups is 1. The number of nitrogens with zero attached hydrogens (tertiary/aromatic N) is 2. The highest BCUT2D eigenvalue weighted by atomic mass is 35.5. The topological polar surface area (TPSA) is 42.0 Å². The summed E-state index contributed by atoms with van der Waals surface area (Å²) in [5.74, 6) is 2.08. The first kappa shape index (κ1) is 20.5. The fraction of sp³-hybridized carbons (Fsp3) is 0.409. The van der Waals surface area contributed by atoms with Gasteiger partial charge in [0.05, 0.1) is 19.8 Å². The lowest BCUT2D eigenvalue weighted by molar-refractivity contribution is 0.0764. The molecule has 2 saturated heterocycles. The maximum atomic E-state index is 13.2. The largest absolute Gasteiger partial charge is 0.493 e. The van der Waals surface area contributed by atoms with Gasteiger partial charge in [-0.2, -0.15) is 0 Å². The molecular formula is C22H27ClN2O3. The fourth-order valence-corrected chi connectivity index (χ4v) is 4.80. The Labute approximate surface area is 172 Å². The summed E-state index contributed by atoms with van der Waals surface area (Å²) >= 11 is 0. The van der Waals surface area contributed by atoms with E-state index in [1.807, 2.05) is 23.1 Å². The predicted molar refractivity (Wildman–Crippen MR) is 111 cm³/mol. The van der Waals surface area contributed by atoms with Gasteiger partial charge in [0.25, 0.3) is 5.91 Å². The monoisotopic (exact) mass is 402 g/mol. The van der Waals surface area contributed by atoms with E-state index in [-0.39, 0.29) is 18.3 Å². The van der Waals surface area contributed by atoms with Crippen molar-refractivity contribution in [3.63, 3.8) is 0 Å². The van der Waals surface area contributed by atoms with Crippen molar-refractivity contribution in [2.24, 2.45) is 11.8 Å². The Morgan fingerprint density at radius 1 is 0.964 bits per heavy atom. The van der Waals surface area contributed by atoms with Crippen molar-refractivity contribution < 1.29 is 14.3 Å². The molecule has 2 aliphatic heterocycles. The van der Waals surface area contributed by atoms with Gasteiger partial charge in [0.2, 0.25) is 0 Å². The summed E-state index contributed by atoms with van der Waals surface area (Å²) in [4.78, 5) is 17.6. The second kappa shape index (κ2) is 8.41. The van der Waals surface area contributed by atoms with Gasteiger partial charge in [-0.15, -0.1) is 12.4 Å². The zero-order valence-electron chi connectivity index (χ0n) is 16.5. The molecule has 2 aliphatic rings. The summed E-state index contributed by atoms with van der Waals surface area (Å²) in [5, 5.41) is 0. The van der Waals surface area contributed by atoms with Crippen molar-refractivity contribution in [1.82, 2.24) is 9.80 Å². The number of amides is 1. The third-order valence-corrected chi connectivity index (χ3v) is 5.96. The SMILES string of the molecule is COc1cccc(C(=O)N2C[C@@H]3CN(C)[C@@H](c4ccccc4)[C@@H]3C2)c1OC.Cl. The average molecular weight is 403 g/mol. The molecule has 2 aromatic rings. The summed E-state index contributed by atoms with van der Waals surface area (Å²) in [5.41, 5.74) is 1.90. The molecule has 0 unspecified atom stereocenters. The van der Waals surface area contributed by atoms with Crippen LogP contribution in [0, 0.1) is 11.8 Å². The smallest absolute Gasteiger partial charge is 0.257 e. The number of carbonyl (C=O) groups excluding carboxylic acids is 1. The summed E-state index contributed by atoms with van der Waals surface area (Å²) in [6, 6.07) is 16.5. The van der Waals surface area contributed by atoms with Gasteiger partial charge in [-0.05, 0) is 30.7 Å². The van der Waals surface area contributed by atoms with Gasteiger partial charge < -0.3 is 14.4 Å². The van der Waals surface area contributed by atoms with Gasteiger partial charge in [0.1, 0.15) is 0 Å². The molecule has 3 atom stereocenters. The molecule has 2 aromatic carbocycles. The Morgan fingerprint density at radius 2 is 1.71 bits per heavy atom.